The molecule has 0 N–H and O–H groups in total. The van der Waals surface area contributed by atoms with Crippen LogP contribution in [0.1, 0.15) is 28.2 Å². The van der Waals surface area contributed by atoms with Crippen LogP contribution in [-0.4, -0.2) is 18.9 Å². The van der Waals surface area contributed by atoms with Gasteiger partial charge in [0.25, 0.3) is 0 Å². The summed E-state index contributed by atoms with van der Waals surface area (Å²) in [6.45, 7) is 4.20. The van der Waals surface area contributed by atoms with E-state index < -0.39 is 10.0 Å². The quantitative estimate of drug-likeness (QED) is 0.257. The maximum absolute atomic E-state index is 13.5. The smallest absolute Gasteiger partial charge is 0.243 e. The second-order valence-corrected chi connectivity index (χ2v) is 10.5. The Labute approximate surface area is 205 Å². The third kappa shape index (κ3) is 6.03. The standard InChI is InChI=1S/C27H25ClN2O3S/c1-20-3-11-24(12-4-20)29-17-25-13-14-26(33-25)19-30(18-22-7-9-23(28)10-8-22)34(31,32)27-15-5-21(2)6-16-27/h3-17H,18-19H2,1-2H3. The molecule has 34 heavy (non-hydrogen) atoms. The molecule has 0 saturated carbocycles. The second-order valence-electron chi connectivity index (χ2n) is 8.11. The van der Waals surface area contributed by atoms with E-state index in [2.05, 4.69) is 4.99 Å². The molecule has 0 radical (unpaired) electrons. The number of hydrogen-bond donors (Lipinski definition) is 0. The Morgan fingerprint density at radius 1 is 0.824 bits per heavy atom. The lowest BCUT2D eigenvalue weighted by molar-refractivity contribution is 0.357. The number of halogens is 1. The van der Waals surface area contributed by atoms with Gasteiger partial charge in [-0.05, 0) is 67.9 Å². The predicted molar refractivity (Wildman–Crippen MR) is 136 cm³/mol. The topological polar surface area (TPSA) is 62.9 Å². The van der Waals surface area contributed by atoms with Crippen LogP contribution in [0, 0.1) is 13.8 Å². The zero-order chi connectivity index (χ0) is 24.1. The van der Waals surface area contributed by atoms with Crippen molar-refractivity contribution in [2.75, 3.05) is 0 Å². The van der Waals surface area contributed by atoms with Crippen molar-refractivity contribution in [1.82, 2.24) is 4.31 Å². The minimum atomic E-state index is -3.77. The highest BCUT2D eigenvalue weighted by Crippen LogP contribution is 2.23. The summed E-state index contributed by atoms with van der Waals surface area (Å²) in [4.78, 5) is 4.66. The second kappa shape index (κ2) is 10.4. The van der Waals surface area contributed by atoms with Crippen molar-refractivity contribution in [1.29, 1.82) is 0 Å². The van der Waals surface area contributed by atoms with Gasteiger partial charge in [0, 0.05) is 11.6 Å². The van der Waals surface area contributed by atoms with E-state index in [0.29, 0.717) is 16.5 Å². The van der Waals surface area contributed by atoms with Crippen LogP contribution < -0.4 is 0 Å². The van der Waals surface area contributed by atoms with Gasteiger partial charge in [-0.1, -0.05) is 59.1 Å². The first-order valence-electron chi connectivity index (χ1n) is 10.8. The molecule has 3 aromatic carbocycles. The number of furan rings is 1. The van der Waals surface area contributed by atoms with Gasteiger partial charge in [-0.2, -0.15) is 4.31 Å². The van der Waals surface area contributed by atoms with Crippen LogP contribution in [0.25, 0.3) is 0 Å². The van der Waals surface area contributed by atoms with Crippen molar-refractivity contribution in [3.8, 4) is 0 Å². The van der Waals surface area contributed by atoms with Crippen LogP contribution in [0.3, 0.4) is 0 Å². The van der Waals surface area contributed by atoms with Gasteiger partial charge >= 0.3 is 0 Å². The predicted octanol–water partition coefficient (Wildman–Crippen LogP) is 6.69. The molecular formula is C27H25ClN2O3S. The lowest BCUT2D eigenvalue weighted by Crippen LogP contribution is -2.30. The van der Waals surface area contributed by atoms with Crippen molar-refractivity contribution >= 4 is 33.5 Å². The molecule has 4 aromatic rings. The van der Waals surface area contributed by atoms with Crippen molar-refractivity contribution in [2.24, 2.45) is 4.99 Å². The monoisotopic (exact) mass is 492 g/mol. The van der Waals surface area contributed by atoms with Gasteiger partial charge in [-0.3, -0.25) is 4.99 Å². The van der Waals surface area contributed by atoms with Gasteiger partial charge < -0.3 is 4.42 Å². The molecule has 0 amide bonds. The van der Waals surface area contributed by atoms with E-state index in [1.807, 2.05) is 50.2 Å². The normalized spacial score (nSPS) is 12.0. The Morgan fingerprint density at radius 3 is 2.09 bits per heavy atom. The minimum absolute atomic E-state index is 0.0806. The molecule has 0 aliphatic carbocycles. The highest BCUT2D eigenvalue weighted by molar-refractivity contribution is 7.89. The van der Waals surface area contributed by atoms with E-state index in [1.165, 1.54) is 4.31 Å². The Morgan fingerprint density at radius 2 is 1.44 bits per heavy atom. The van der Waals surface area contributed by atoms with Crippen molar-refractivity contribution in [3.63, 3.8) is 0 Å². The summed E-state index contributed by atoms with van der Waals surface area (Å²) in [7, 11) is -3.77. The van der Waals surface area contributed by atoms with Gasteiger partial charge in [-0.15, -0.1) is 0 Å². The average molecular weight is 493 g/mol. The van der Waals surface area contributed by atoms with E-state index in [4.69, 9.17) is 16.0 Å². The number of aliphatic imine (C=N–C) groups is 1. The summed E-state index contributed by atoms with van der Waals surface area (Å²) >= 11 is 6.00. The third-order valence-electron chi connectivity index (χ3n) is 5.32. The van der Waals surface area contributed by atoms with Gasteiger partial charge in [0.05, 0.1) is 23.3 Å². The molecule has 174 valence electrons. The summed E-state index contributed by atoms with van der Waals surface area (Å²) in [5.74, 6) is 1.07. The van der Waals surface area contributed by atoms with Crippen molar-refractivity contribution < 1.29 is 12.8 Å². The summed E-state index contributed by atoms with van der Waals surface area (Å²) in [6, 6.07) is 25.4. The first-order valence-corrected chi connectivity index (χ1v) is 12.6. The summed E-state index contributed by atoms with van der Waals surface area (Å²) in [5, 5.41) is 0.597. The van der Waals surface area contributed by atoms with Crippen LogP contribution >= 0.6 is 11.6 Å². The number of nitrogens with zero attached hydrogens (tertiary/aromatic N) is 2. The average Bonchev–Trinajstić information content (AvgIpc) is 3.27. The largest absolute Gasteiger partial charge is 0.459 e. The fourth-order valence-corrected chi connectivity index (χ4v) is 4.89. The Bertz CT molecular complexity index is 1380. The van der Waals surface area contributed by atoms with E-state index in [1.54, 1.807) is 54.7 Å². The Balaban J connectivity index is 1.58. The highest BCUT2D eigenvalue weighted by Gasteiger charge is 2.26. The minimum Gasteiger partial charge on any atom is -0.459 e. The number of rotatable bonds is 8. The molecular weight excluding hydrogens is 468 g/mol. The zero-order valence-corrected chi connectivity index (χ0v) is 20.6. The SMILES string of the molecule is Cc1ccc(N=Cc2ccc(CN(Cc3ccc(Cl)cc3)S(=O)(=O)c3ccc(C)cc3)o2)cc1. The van der Waals surface area contributed by atoms with Crippen LogP contribution in [0.15, 0.2) is 99.2 Å². The van der Waals surface area contributed by atoms with Gasteiger partial charge in [0.2, 0.25) is 10.0 Å². The first-order chi connectivity index (χ1) is 16.3. The molecule has 1 aromatic heterocycles. The number of benzene rings is 3. The van der Waals surface area contributed by atoms with E-state index in [9.17, 15) is 8.42 Å². The third-order valence-corrected chi connectivity index (χ3v) is 7.38. The molecule has 0 aliphatic heterocycles. The Kier molecular flexibility index (Phi) is 7.32. The summed E-state index contributed by atoms with van der Waals surface area (Å²) in [6.07, 6.45) is 1.63. The van der Waals surface area contributed by atoms with Crippen LogP contribution in [0.4, 0.5) is 5.69 Å². The van der Waals surface area contributed by atoms with Crippen LogP contribution in [0.2, 0.25) is 5.02 Å². The number of sulfonamides is 1. The maximum Gasteiger partial charge on any atom is 0.243 e. The highest BCUT2D eigenvalue weighted by atomic mass is 35.5. The molecule has 1 heterocycles. The molecule has 0 spiro atoms. The molecule has 0 aliphatic rings. The summed E-state index contributed by atoms with van der Waals surface area (Å²) in [5.41, 5.74) is 3.80. The van der Waals surface area contributed by atoms with Crippen molar-refractivity contribution in [2.45, 2.75) is 31.8 Å². The number of hydrogen-bond acceptors (Lipinski definition) is 4. The van der Waals surface area contributed by atoms with E-state index in [0.717, 1.165) is 22.4 Å². The fraction of sp³-hybridized carbons (Fsp3) is 0.148. The van der Waals surface area contributed by atoms with Crippen LogP contribution in [-0.2, 0) is 23.1 Å². The molecule has 0 fully saturated rings. The lowest BCUT2D eigenvalue weighted by Gasteiger charge is -2.21. The van der Waals surface area contributed by atoms with Gasteiger partial charge in [-0.25, -0.2) is 8.42 Å². The lowest BCUT2D eigenvalue weighted by atomic mass is 10.2. The zero-order valence-electron chi connectivity index (χ0n) is 19.0. The molecule has 0 bridgehead atoms. The van der Waals surface area contributed by atoms with Crippen LogP contribution in [0.5, 0.6) is 0 Å². The first kappa shape index (κ1) is 24.0. The molecule has 5 nitrogen and oxygen atoms in total. The number of aryl methyl sites for hydroxylation is 2. The fourth-order valence-electron chi connectivity index (χ4n) is 3.37. The molecule has 0 unspecified atom stereocenters. The van der Waals surface area contributed by atoms with E-state index in [-0.39, 0.29) is 18.0 Å². The van der Waals surface area contributed by atoms with Gasteiger partial charge in [0.1, 0.15) is 11.5 Å². The maximum atomic E-state index is 13.5. The molecule has 7 heteroatoms. The van der Waals surface area contributed by atoms with E-state index >= 15 is 0 Å². The van der Waals surface area contributed by atoms with Crippen molar-refractivity contribution in [3.05, 3.63) is 118 Å². The molecule has 0 saturated heterocycles. The molecule has 0 atom stereocenters. The Hall–Kier alpha value is -3.19. The summed E-state index contributed by atoms with van der Waals surface area (Å²) < 4.78 is 34.3. The molecule has 4 rings (SSSR count). The van der Waals surface area contributed by atoms with Gasteiger partial charge in [0.15, 0.2) is 0 Å².